The van der Waals surface area contributed by atoms with Crippen LogP contribution in [0.2, 0.25) is 0 Å². The van der Waals surface area contributed by atoms with Gasteiger partial charge in [0.1, 0.15) is 0 Å². The number of methoxy groups -OCH3 is 1. The number of hydrogen-bond acceptors (Lipinski definition) is 5. The van der Waals surface area contributed by atoms with E-state index in [-0.39, 0.29) is 24.1 Å². The number of ether oxygens (including phenoxy) is 2. The summed E-state index contributed by atoms with van der Waals surface area (Å²) in [5.41, 5.74) is 1.48. The first-order valence-corrected chi connectivity index (χ1v) is 7.19. The summed E-state index contributed by atoms with van der Waals surface area (Å²) < 4.78 is 10.2. The standard InChI is InChI=1S/C16H20N2O5/c1-5-23-15(20)13-9(2)18(3)16(21)17-14(13)10-6-7-11(19)12(8-10)22-4/h6-8,14,19H,5H2,1-4H3,(H,17,21)/t14-/m0/s1. The number of carbonyl (C=O) groups excluding carboxylic acids is 2. The predicted octanol–water partition coefficient (Wildman–Crippen LogP) is 1.93. The van der Waals surface area contributed by atoms with Crippen molar-refractivity contribution in [3.63, 3.8) is 0 Å². The summed E-state index contributed by atoms with van der Waals surface area (Å²) in [6.07, 6.45) is 0. The van der Waals surface area contributed by atoms with E-state index in [0.717, 1.165) is 0 Å². The fourth-order valence-electron chi connectivity index (χ4n) is 2.43. The lowest BCUT2D eigenvalue weighted by Crippen LogP contribution is -2.46. The highest BCUT2D eigenvalue weighted by Crippen LogP contribution is 2.35. The number of carbonyl (C=O) groups is 2. The monoisotopic (exact) mass is 320 g/mol. The first-order chi connectivity index (χ1) is 10.9. The Hall–Kier alpha value is -2.70. The third kappa shape index (κ3) is 3.08. The zero-order valence-corrected chi connectivity index (χ0v) is 13.5. The number of urea groups is 1. The lowest BCUT2D eigenvalue weighted by Gasteiger charge is -2.33. The van der Waals surface area contributed by atoms with Crippen LogP contribution in [0.5, 0.6) is 11.5 Å². The Kier molecular flexibility index (Phi) is 4.78. The molecule has 0 bridgehead atoms. The molecule has 1 heterocycles. The number of esters is 1. The summed E-state index contributed by atoms with van der Waals surface area (Å²) in [6, 6.07) is 3.66. The van der Waals surface area contributed by atoms with Gasteiger partial charge in [0.2, 0.25) is 0 Å². The maximum Gasteiger partial charge on any atom is 0.338 e. The van der Waals surface area contributed by atoms with E-state index in [1.165, 1.54) is 18.1 Å². The minimum atomic E-state index is -0.674. The van der Waals surface area contributed by atoms with Crippen LogP contribution < -0.4 is 10.1 Å². The van der Waals surface area contributed by atoms with Crippen LogP contribution in [0.15, 0.2) is 29.5 Å². The Labute approximate surface area is 134 Å². The summed E-state index contributed by atoms with van der Waals surface area (Å²) in [7, 11) is 3.01. The Bertz CT molecular complexity index is 668. The minimum absolute atomic E-state index is 0.0195. The van der Waals surface area contributed by atoms with E-state index in [1.54, 1.807) is 33.0 Å². The molecule has 23 heavy (non-hydrogen) atoms. The molecule has 1 aromatic rings. The van der Waals surface area contributed by atoms with E-state index in [0.29, 0.717) is 16.8 Å². The fourth-order valence-corrected chi connectivity index (χ4v) is 2.43. The number of hydrogen-bond donors (Lipinski definition) is 2. The van der Waals surface area contributed by atoms with Crippen LogP contribution in [0.1, 0.15) is 25.5 Å². The van der Waals surface area contributed by atoms with Crippen molar-refractivity contribution in [1.29, 1.82) is 0 Å². The summed E-state index contributed by atoms with van der Waals surface area (Å²) in [5, 5.41) is 12.5. The Balaban J connectivity index is 2.53. The molecule has 1 aliphatic rings. The second-order valence-corrected chi connectivity index (χ2v) is 5.09. The first-order valence-electron chi connectivity index (χ1n) is 7.19. The number of rotatable bonds is 4. The van der Waals surface area contributed by atoms with Crippen molar-refractivity contribution in [3.05, 3.63) is 35.0 Å². The van der Waals surface area contributed by atoms with Crippen LogP contribution in [0.3, 0.4) is 0 Å². The number of phenols is 1. The molecule has 0 saturated carbocycles. The van der Waals surface area contributed by atoms with E-state index in [9.17, 15) is 14.7 Å². The number of nitrogens with one attached hydrogen (secondary N) is 1. The van der Waals surface area contributed by atoms with Crippen LogP contribution in [0.4, 0.5) is 4.79 Å². The largest absolute Gasteiger partial charge is 0.504 e. The molecule has 2 amide bonds. The number of allylic oxidation sites excluding steroid dienone is 1. The zero-order chi connectivity index (χ0) is 17.1. The average molecular weight is 320 g/mol. The molecular weight excluding hydrogens is 300 g/mol. The molecule has 0 fully saturated rings. The molecule has 0 unspecified atom stereocenters. The molecule has 0 saturated heterocycles. The maximum absolute atomic E-state index is 12.3. The summed E-state index contributed by atoms with van der Waals surface area (Å²) in [6.45, 7) is 3.64. The second-order valence-electron chi connectivity index (χ2n) is 5.09. The molecule has 0 aromatic heterocycles. The molecule has 2 rings (SSSR count). The zero-order valence-electron chi connectivity index (χ0n) is 13.5. The number of aromatic hydroxyl groups is 1. The van der Waals surface area contributed by atoms with Crippen LogP contribution >= 0.6 is 0 Å². The maximum atomic E-state index is 12.3. The number of phenolic OH excluding ortho intramolecular Hbond substituents is 1. The van der Waals surface area contributed by atoms with Crippen LogP contribution in [0.25, 0.3) is 0 Å². The predicted molar refractivity (Wildman–Crippen MR) is 83.0 cm³/mol. The molecule has 124 valence electrons. The SMILES string of the molecule is CCOC(=O)C1=C(C)N(C)C(=O)N[C@H]1c1ccc(O)c(OC)c1. The van der Waals surface area contributed by atoms with E-state index < -0.39 is 12.0 Å². The summed E-state index contributed by atoms with van der Waals surface area (Å²) in [4.78, 5) is 25.8. The molecule has 1 aliphatic heterocycles. The van der Waals surface area contributed by atoms with E-state index in [1.807, 2.05) is 0 Å². The molecule has 0 radical (unpaired) electrons. The van der Waals surface area contributed by atoms with Gasteiger partial charge in [0.05, 0.1) is 25.3 Å². The summed E-state index contributed by atoms with van der Waals surface area (Å²) in [5.74, 6) is -0.251. The van der Waals surface area contributed by atoms with Gasteiger partial charge in [-0.2, -0.15) is 0 Å². The highest BCUT2D eigenvalue weighted by molar-refractivity contribution is 5.95. The summed E-state index contributed by atoms with van der Waals surface area (Å²) >= 11 is 0. The molecule has 7 heteroatoms. The van der Waals surface area contributed by atoms with Gasteiger partial charge in [-0.25, -0.2) is 9.59 Å². The Morgan fingerprint density at radius 2 is 2.13 bits per heavy atom. The van der Waals surface area contributed by atoms with Crippen LogP contribution in [0, 0.1) is 0 Å². The van der Waals surface area contributed by atoms with Gasteiger partial charge in [0, 0.05) is 12.7 Å². The molecule has 0 aliphatic carbocycles. The van der Waals surface area contributed by atoms with Gasteiger partial charge in [0.25, 0.3) is 0 Å². The molecule has 2 N–H and O–H groups in total. The highest BCUT2D eigenvalue weighted by atomic mass is 16.5. The van der Waals surface area contributed by atoms with Gasteiger partial charge in [-0.15, -0.1) is 0 Å². The van der Waals surface area contributed by atoms with Crippen molar-refractivity contribution in [3.8, 4) is 11.5 Å². The molecule has 7 nitrogen and oxygen atoms in total. The van der Waals surface area contributed by atoms with Gasteiger partial charge < -0.3 is 24.8 Å². The Morgan fingerprint density at radius 3 is 2.74 bits per heavy atom. The highest BCUT2D eigenvalue weighted by Gasteiger charge is 2.35. The third-order valence-corrected chi connectivity index (χ3v) is 3.79. The quantitative estimate of drug-likeness (QED) is 0.828. The van der Waals surface area contributed by atoms with Crippen molar-refractivity contribution >= 4 is 12.0 Å². The third-order valence-electron chi connectivity index (χ3n) is 3.79. The fraction of sp³-hybridized carbons (Fsp3) is 0.375. The lowest BCUT2D eigenvalue weighted by atomic mass is 9.94. The van der Waals surface area contributed by atoms with Crippen molar-refractivity contribution in [1.82, 2.24) is 10.2 Å². The van der Waals surface area contributed by atoms with Gasteiger partial charge in [-0.05, 0) is 31.5 Å². The topological polar surface area (TPSA) is 88.1 Å². The number of amides is 2. The molecule has 1 atom stereocenters. The van der Waals surface area contributed by atoms with Crippen molar-refractivity contribution in [2.45, 2.75) is 19.9 Å². The van der Waals surface area contributed by atoms with Gasteiger partial charge in [-0.3, -0.25) is 0 Å². The molecule has 1 aromatic carbocycles. The Morgan fingerprint density at radius 1 is 1.43 bits per heavy atom. The molecule has 0 spiro atoms. The normalized spacial score (nSPS) is 17.8. The number of nitrogens with zero attached hydrogens (tertiary/aromatic N) is 1. The molecular formula is C16H20N2O5. The van der Waals surface area contributed by atoms with Crippen molar-refractivity contribution in [2.24, 2.45) is 0 Å². The average Bonchev–Trinajstić information content (AvgIpc) is 2.53. The van der Waals surface area contributed by atoms with Crippen LogP contribution in [-0.4, -0.2) is 42.8 Å². The van der Waals surface area contributed by atoms with Gasteiger partial charge >= 0.3 is 12.0 Å². The lowest BCUT2D eigenvalue weighted by molar-refractivity contribution is -0.139. The van der Waals surface area contributed by atoms with E-state index >= 15 is 0 Å². The van der Waals surface area contributed by atoms with Crippen molar-refractivity contribution in [2.75, 3.05) is 20.8 Å². The van der Waals surface area contributed by atoms with E-state index in [2.05, 4.69) is 5.32 Å². The van der Waals surface area contributed by atoms with Gasteiger partial charge in [-0.1, -0.05) is 6.07 Å². The van der Waals surface area contributed by atoms with E-state index in [4.69, 9.17) is 9.47 Å². The van der Waals surface area contributed by atoms with Crippen LogP contribution in [-0.2, 0) is 9.53 Å². The minimum Gasteiger partial charge on any atom is -0.504 e. The second kappa shape index (κ2) is 6.60. The smallest absolute Gasteiger partial charge is 0.338 e. The first kappa shape index (κ1) is 16.7. The van der Waals surface area contributed by atoms with Crippen molar-refractivity contribution < 1.29 is 24.2 Å². The van der Waals surface area contributed by atoms with Gasteiger partial charge in [0.15, 0.2) is 11.5 Å². The number of benzene rings is 1.